The van der Waals surface area contributed by atoms with Crippen molar-refractivity contribution < 1.29 is 9.31 Å². The van der Waals surface area contributed by atoms with Crippen LogP contribution in [0, 0.1) is 21.8 Å². The standard InChI is InChI=1S/C12H16FN3O2/c1-8-4-10(14)7-15(6-8)11-3-2-9(13)5-12(11)16(17)18/h2-3,5,8,10H,4,6-7,14H2,1H3. The van der Waals surface area contributed by atoms with E-state index in [0.29, 0.717) is 24.7 Å². The summed E-state index contributed by atoms with van der Waals surface area (Å²) in [5.41, 5.74) is 6.17. The van der Waals surface area contributed by atoms with Gasteiger partial charge in [-0.1, -0.05) is 6.92 Å². The molecule has 0 spiro atoms. The quantitative estimate of drug-likeness (QED) is 0.645. The first-order valence-electron chi connectivity index (χ1n) is 5.92. The molecule has 1 aliphatic heterocycles. The van der Waals surface area contributed by atoms with Crippen molar-refractivity contribution in [1.29, 1.82) is 0 Å². The minimum absolute atomic E-state index is 0.00147. The molecule has 5 nitrogen and oxygen atoms in total. The number of rotatable bonds is 2. The summed E-state index contributed by atoms with van der Waals surface area (Å²) in [6.45, 7) is 3.33. The van der Waals surface area contributed by atoms with Crippen LogP contribution in [0.2, 0.25) is 0 Å². The lowest BCUT2D eigenvalue weighted by molar-refractivity contribution is -0.384. The number of nitro groups is 1. The van der Waals surface area contributed by atoms with E-state index in [1.165, 1.54) is 12.1 Å². The third-order valence-electron chi connectivity index (χ3n) is 3.17. The smallest absolute Gasteiger partial charge is 0.295 e. The van der Waals surface area contributed by atoms with Gasteiger partial charge in [0, 0.05) is 19.1 Å². The van der Waals surface area contributed by atoms with Crippen LogP contribution < -0.4 is 10.6 Å². The zero-order valence-electron chi connectivity index (χ0n) is 10.2. The Labute approximate surface area is 105 Å². The van der Waals surface area contributed by atoms with Gasteiger partial charge in [0.05, 0.1) is 11.0 Å². The molecule has 18 heavy (non-hydrogen) atoms. The predicted octanol–water partition coefficient (Wildman–Crippen LogP) is 1.91. The Morgan fingerprint density at radius 1 is 1.50 bits per heavy atom. The molecule has 2 atom stereocenters. The summed E-state index contributed by atoms with van der Waals surface area (Å²) in [5.74, 6) is -0.224. The van der Waals surface area contributed by atoms with E-state index in [0.717, 1.165) is 12.5 Å². The maximum Gasteiger partial charge on any atom is 0.295 e. The van der Waals surface area contributed by atoms with E-state index in [1.807, 2.05) is 4.90 Å². The lowest BCUT2D eigenvalue weighted by Crippen LogP contribution is -2.46. The van der Waals surface area contributed by atoms with Gasteiger partial charge in [0.15, 0.2) is 0 Å². The molecule has 0 saturated carbocycles. The Morgan fingerprint density at radius 2 is 2.22 bits per heavy atom. The summed E-state index contributed by atoms with van der Waals surface area (Å²) in [6, 6.07) is 3.66. The van der Waals surface area contributed by atoms with Crippen molar-refractivity contribution >= 4 is 11.4 Å². The van der Waals surface area contributed by atoms with Crippen molar-refractivity contribution in [3.05, 3.63) is 34.1 Å². The molecular formula is C12H16FN3O2. The molecule has 2 N–H and O–H groups in total. The zero-order valence-corrected chi connectivity index (χ0v) is 10.2. The number of halogens is 1. The van der Waals surface area contributed by atoms with Gasteiger partial charge in [0.1, 0.15) is 11.5 Å². The average Bonchev–Trinajstić information content (AvgIpc) is 2.27. The lowest BCUT2D eigenvalue weighted by Gasteiger charge is -2.36. The fraction of sp³-hybridized carbons (Fsp3) is 0.500. The number of nitro benzene ring substituents is 1. The highest BCUT2D eigenvalue weighted by atomic mass is 19.1. The Morgan fingerprint density at radius 3 is 2.83 bits per heavy atom. The highest BCUT2D eigenvalue weighted by Gasteiger charge is 2.27. The number of benzene rings is 1. The van der Waals surface area contributed by atoms with Gasteiger partial charge >= 0.3 is 0 Å². The summed E-state index contributed by atoms with van der Waals surface area (Å²) in [7, 11) is 0. The SMILES string of the molecule is CC1CC(N)CN(c2ccc(F)cc2[N+](=O)[O-])C1. The molecular weight excluding hydrogens is 237 g/mol. The molecule has 1 aromatic rings. The summed E-state index contributed by atoms with van der Waals surface area (Å²) >= 11 is 0. The zero-order chi connectivity index (χ0) is 13.3. The topological polar surface area (TPSA) is 72.4 Å². The van der Waals surface area contributed by atoms with Crippen molar-refractivity contribution in [2.75, 3.05) is 18.0 Å². The molecule has 98 valence electrons. The van der Waals surface area contributed by atoms with E-state index in [9.17, 15) is 14.5 Å². The van der Waals surface area contributed by atoms with Gasteiger partial charge in [-0.25, -0.2) is 4.39 Å². The largest absolute Gasteiger partial charge is 0.364 e. The van der Waals surface area contributed by atoms with Crippen LogP contribution in [0.4, 0.5) is 15.8 Å². The minimum atomic E-state index is -0.597. The number of hydrogen-bond acceptors (Lipinski definition) is 4. The number of nitrogens with zero attached hydrogens (tertiary/aromatic N) is 2. The van der Waals surface area contributed by atoms with Gasteiger partial charge < -0.3 is 10.6 Å². The molecule has 0 bridgehead atoms. The van der Waals surface area contributed by atoms with Crippen molar-refractivity contribution in [3.63, 3.8) is 0 Å². The van der Waals surface area contributed by atoms with Gasteiger partial charge in [-0.15, -0.1) is 0 Å². The molecule has 0 radical (unpaired) electrons. The molecule has 1 saturated heterocycles. The molecule has 1 heterocycles. The van der Waals surface area contributed by atoms with Crippen LogP contribution >= 0.6 is 0 Å². The highest BCUT2D eigenvalue weighted by molar-refractivity contribution is 5.63. The molecule has 1 aliphatic rings. The first-order valence-corrected chi connectivity index (χ1v) is 5.92. The third kappa shape index (κ3) is 2.59. The fourth-order valence-corrected chi connectivity index (χ4v) is 2.51. The lowest BCUT2D eigenvalue weighted by atomic mass is 9.96. The van der Waals surface area contributed by atoms with Crippen LogP contribution in [0.15, 0.2) is 18.2 Å². The predicted molar refractivity (Wildman–Crippen MR) is 67.0 cm³/mol. The summed E-state index contributed by atoms with van der Waals surface area (Å²) < 4.78 is 13.1. The maximum absolute atomic E-state index is 13.1. The van der Waals surface area contributed by atoms with Crippen LogP contribution in [0.3, 0.4) is 0 Å². The van der Waals surface area contributed by atoms with Crippen molar-refractivity contribution in [2.45, 2.75) is 19.4 Å². The van der Waals surface area contributed by atoms with Gasteiger partial charge in [-0.2, -0.15) is 0 Å². The number of anilines is 1. The van der Waals surface area contributed by atoms with Crippen molar-refractivity contribution in [1.82, 2.24) is 0 Å². The monoisotopic (exact) mass is 253 g/mol. The highest BCUT2D eigenvalue weighted by Crippen LogP contribution is 2.31. The van der Waals surface area contributed by atoms with E-state index < -0.39 is 10.7 Å². The molecule has 1 fully saturated rings. The molecule has 2 rings (SSSR count). The van der Waals surface area contributed by atoms with Crippen LogP contribution in [0.25, 0.3) is 0 Å². The first kappa shape index (κ1) is 12.8. The minimum Gasteiger partial charge on any atom is -0.364 e. The summed E-state index contributed by atoms with van der Waals surface area (Å²) in [5, 5.41) is 11.0. The summed E-state index contributed by atoms with van der Waals surface area (Å²) in [4.78, 5) is 12.3. The Balaban J connectivity index is 2.35. The van der Waals surface area contributed by atoms with E-state index in [2.05, 4.69) is 6.92 Å². The van der Waals surface area contributed by atoms with Crippen LogP contribution in [-0.4, -0.2) is 24.1 Å². The number of nitrogens with two attached hydrogens (primary N) is 1. The molecule has 0 amide bonds. The van der Waals surface area contributed by atoms with Gasteiger partial charge in [0.2, 0.25) is 0 Å². The van der Waals surface area contributed by atoms with Crippen molar-refractivity contribution in [2.24, 2.45) is 11.7 Å². The van der Waals surface area contributed by atoms with E-state index in [-0.39, 0.29) is 11.7 Å². The number of piperidine rings is 1. The molecule has 1 aromatic carbocycles. The van der Waals surface area contributed by atoms with Crippen LogP contribution in [0.5, 0.6) is 0 Å². The molecule has 2 unspecified atom stereocenters. The van der Waals surface area contributed by atoms with Crippen LogP contribution in [0.1, 0.15) is 13.3 Å². The summed E-state index contributed by atoms with van der Waals surface area (Å²) in [6.07, 6.45) is 0.908. The second-order valence-corrected chi connectivity index (χ2v) is 4.90. The van der Waals surface area contributed by atoms with Gasteiger partial charge in [-0.3, -0.25) is 10.1 Å². The molecule has 0 aromatic heterocycles. The van der Waals surface area contributed by atoms with Gasteiger partial charge in [-0.05, 0) is 24.5 Å². The number of hydrogen-bond donors (Lipinski definition) is 1. The fourth-order valence-electron chi connectivity index (χ4n) is 2.51. The molecule has 6 heteroatoms. The Kier molecular flexibility index (Phi) is 3.47. The first-order chi connectivity index (χ1) is 8.47. The third-order valence-corrected chi connectivity index (χ3v) is 3.17. The average molecular weight is 253 g/mol. The normalized spacial score (nSPS) is 24.1. The maximum atomic E-state index is 13.1. The Hall–Kier alpha value is -1.69. The van der Waals surface area contributed by atoms with E-state index in [1.54, 1.807) is 0 Å². The molecule has 0 aliphatic carbocycles. The second-order valence-electron chi connectivity index (χ2n) is 4.90. The second kappa shape index (κ2) is 4.89. The van der Waals surface area contributed by atoms with E-state index >= 15 is 0 Å². The van der Waals surface area contributed by atoms with E-state index in [4.69, 9.17) is 5.73 Å². The van der Waals surface area contributed by atoms with Crippen molar-refractivity contribution in [3.8, 4) is 0 Å². The van der Waals surface area contributed by atoms with Crippen LogP contribution in [-0.2, 0) is 0 Å². The van der Waals surface area contributed by atoms with Gasteiger partial charge in [0.25, 0.3) is 5.69 Å². The Bertz CT molecular complexity index is 457.